The van der Waals surface area contributed by atoms with E-state index in [2.05, 4.69) is 19.6 Å². The molecule has 4 unspecified atom stereocenters. The Balaban J connectivity index is -0.0000000762. The summed E-state index contributed by atoms with van der Waals surface area (Å²) in [5.41, 5.74) is 0. The Bertz CT molecular complexity index is 636. The van der Waals surface area contributed by atoms with Gasteiger partial charge < -0.3 is 0 Å². The summed E-state index contributed by atoms with van der Waals surface area (Å²) < 4.78 is 0. The van der Waals surface area contributed by atoms with Crippen molar-refractivity contribution in [3.8, 4) is 0 Å². The Morgan fingerprint density at radius 1 is 0.372 bits per heavy atom. The molecule has 4 aliphatic rings. The molecule has 4 fully saturated rings. The molecule has 4 heterocycles. The van der Waals surface area contributed by atoms with Gasteiger partial charge in [0.15, 0.2) is 0 Å². The van der Waals surface area contributed by atoms with Crippen LogP contribution in [0.2, 0.25) is 0 Å². The summed E-state index contributed by atoms with van der Waals surface area (Å²) in [6, 6.07) is 0.907. The molecule has 229 valence electrons. The van der Waals surface area contributed by atoms with Crippen molar-refractivity contribution in [1.29, 1.82) is 0 Å². The van der Waals surface area contributed by atoms with Crippen LogP contribution < -0.4 is 0 Å². The van der Waals surface area contributed by atoms with Gasteiger partial charge in [-0.1, -0.05) is 0 Å². The Kier molecular flexibility index (Phi) is 39.8. The molecule has 4 saturated heterocycles. The highest BCUT2D eigenvalue weighted by Crippen LogP contribution is 2.16. The molecule has 0 spiro atoms. The second-order valence-corrected chi connectivity index (χ2v) is 11.0. The first-order valence-corrected chi connectivity index (χ1v) is 13.7. The van der Waals surface area contributed by atoms with Crippen LogP contribution in [-0.4, -0.2) is 180 Å². The standard InChI is InChI=1S/4C7H13NO.7B/c4*1-6(9)7-4-3-5-8(7)2;;;;;;;/h4*7H,3-5H2,1-2H3;;;;;;;. The summed E-state index contributed by atoms with van der Waals surface area (Å²) in [7, 11) is 8.05. The van der Waals surface area contributed by atoms with Crippen LogP contribution >= 0.6 is 0 Å². The smallest absolute Gasteiger partial charge is 0.146 e. The van der Waals surface area contributed by atoms with E-state index in [1.807, 2.05) is 28.2 Å². The summed E-state index contributed by atoms with van der Waals surface area (Å²) >= 11 is 0. The van der Waals surface area contributed by atoms with Crippen LogP contribution in [0, 0.1) is 0 Å². The van der Waals surface area contributed by atoms with Gasteiger partial charge in [0, 0.05) is 58.9 Å². The highest BCUT2D eigenvalue weighted by atomic mass is 16.1. The van der Waals surface area contributed by atoms with Crippen molar-refractivity contribution in [2.45, 2.75) is 103 Å². The average Bonchev–Trinajstić information content (AvgIpc) is 3.57. The van der Waals surface area contributed by atoms with Gasteiger partial charge >= 0.3 is 0 Å². The zero-order valence-corrected chi connectivity index (χ0v) is 28.3. The molecule has 21 radical (unpaired) electrons. The van der Waals surface area contributed by atoms with Crippen molar-refractivity contribution >= 4 is 82.0 Å². The van der Waals surface area contributed by atoms with Crippen molar-refractivity contribution in [3.63, 3.8) is 0 Å². The predicted molar refractivity (Wildman–Crippen MR) is 186 cm³/mol. The van der Waals surface area contributed by atoms with Gasteiger partial charge in [0.25, 0.3) is 0 Å². The number of hydrogen-bond donors (Lipinski definition) is 0. The minimum absolute atomic E-state index is 0. The third-order valence-electron chi connectivity index (χ3n) is 7.96. The molecular formula is C28H52B7N4O4. The van der Waals surface area contributed by atoms with Crippen molar-refractivity contribution in [1.82, 2.24) is 19.6 Å². The summed E-state index contributed by atoms with van der Waals surface area (Å²) in [4.78, 5) is 51.8. The molecular weight excluding hydrogens is 532 g/mol. The molecule has 0 aromatic rings. The number of nitrogens with zero attached hydrogens (tertiary/aromatic N) is 4. The molecule has 0 amide bonds. The second-order valence-electron chi connectivity index (χ2n) is 11.0. The van der Waals surface area contributed by atoms with Crippen LogP contribution in [0.3, 0.4) is 0 Å². The highest BCUT2D eigenvalue weighted by molar-refractivity contribution is 5.82. The van der Waals surface area contributed by atoms with E-state index >= 15 is 0 Å². The van der Waals surface area contributed by atoms with E-state index in [1.54, 1.807) is 27.7 Å². The van der Waals surface area contributed by atoms with E-state index in [-0.39, 0.29) is 83.1 Å². The van der Waals surface area contributed by atoms with Gasteiger partial charge in [-0.05, 0) is 133 Å². The number of hydrogen-bond acceptors (Lipinski definition) is 8. The molecule has 4 rings (SSSR count). The van der Waals surface area contributed by atoms with Crippen molar-refractivity contribution < 1.29 is 19.2 Å². The van der Waals surface area contributed by atoms with Crippen LogP contribution in [0.1, 0.15) is 79.1 Å². The first kappa shape index (κ1) is 57.6. The lowest BCUT2D eigenvalue weighted by molar-refractivity contribution is -0.121. The van der Waals surface area contributed by atoms with Crippen LogP contribution in [0.4, 0.5) is 0 Å². The Morgan fingerprint density at radius 3 is 0.558 bits per heavy atom. The third-order valence-corrected chi connectivity index (χ3v) is 7.96. The van der Waals surface area contributed by atoms with E-state index in [1.165, 1.54) is 25.7 Å². The van der Waals surface area contributed by atoms with Crippen LogP contribution in [0.25, 0.3) is 0 Å². The fourth-order valence-electron chi connectivity index (χ4n) is 5.70. The number of likely N-dealkylation sites (tertiary alicyclic amines) is 4. The van der Waals surface area contributed by atoms with E-state index < -0.39 is 0 Å². The lowest BCUT2D eigenvalue weighted by Crippen LogP contribution is -2.30. The normalized spacial score (nSPS) is 24.2. The van der Waals surface area contributed by atoms with Crippen molar-refractivity contribution in [2.24, 2.45) is 0 Å². The van der Waals surface area contributed by atoms with Gasteiger partial charge in [0.2, 0.25) is 0 Å². The lowest BCUT2D eigenvalue weighted by atomic mass is 10.1. The minimum atomic E-state index is 0. The van der Waals surface area contributed by atoms with Crippen LogP contribution in [0.5, 0.6) is 0 Å². The number of rotatable bonds is 4. The van der Waals surface area contributed by atoms with Gasteiger partial charge in [-0.3, -0.25) is 38.8 Å². The van der Waals surface area contributed by atoms with E-state index in [4.69, 9.17) is 0 Å². The predicted octanol–water partition coefficient (Wildman–Crippen LogP) is 0.0128. The number of carbonyl (C=O) groups excluding carboxylic acids is 4. The molecule has 43 heavy (non-hydrogen) atoms. The summed E-state index contributed by atoms with van der Waals surface area (Å²) in [6.45, 7) is 11.0. The van der Waals surface area contributed by atoms with E-state index in [0.717, 1.165) is 51.9 Å². The van der Waals surface area contributed by atoms with Crippen molar-refractivity contribution in [3.05, 3.63) is 0 Å². The summed E-state index contributed by atoms with van der Waals surface area (Å²) in [5.74, 6) is 1.26. The van der Waals surface area contributed by atoms with Gasteiger partial charge in [0.05, 0.1) is 24.2 Å². The molecule has 4 aliphatic heterocycles. The third kappa shape index (κ3) is 20.6. The number of carbonyl (C=O) groups is 4. The summed E-state index contributed by atoms with van der Waals surface area (Å²) in [5, 5.41) is 0. The maximum Gasteiger partial charge on any atom is 0.146 e. The number of ketones is 4. The fraction of sp³-hybridized carbons (Fsp3) is 0.857. The van der Waals surface area contributed by atoms with Crippen LogP contribution in [0.15, 0.2) is 0 Å². The topological polar surface area (TPSA) is 81.2 Å². The molecule has 0 aliphatic carbocycles. The number of Topliss-reactive ketones (excluding diaryl/α,β-unsaturated/α-hetero) is 4. The van der Waals surface area contributed by atoms with Gasteiger partial charge in [-0.25, -0.2) is 0 Å². The molecule has 15 heteroatoms. The van der Waals surface area contributed by atoms with E-state index in [9.17, 15) is 19.2 Å². The molecule has 4 atom stereocenters. The Labute approximate surface area is 278 Å². The SMILES string of the molecule is CC(=O)C1CCCN1C.CC(=O)C1CCCN1C.CC(=O)C1CCCN1C.CC(=O)C1CCCN1C.[B].[B].[B].[B].[B].[B].[B]. The molecule has 0 N–H and O–H groups in total. The Morgan fingerprint density at radius 2 is 0.512 bits per heavy atom. The van der Waals surface area contributed by atoms with Gasteiger partial charge in [-0.2, -0.15) is 0 Å². The maximum absolute atomic E-state index is 10.8. The molecule has 8 nitrogen and oxygen atoms in total. The molecule has 0 saturated carbocycles. The fourth-order valence-corrected chi connectivity index (χ4v) is 5.70. The highest BCUT2D eigenvalue weighted by Gasteiger charge is 2.26. The molecule has 0 aromatic carbocycles. The lowest BCUT2D eigenvalue weighted by Gasteiger charge is -2.14. The van der Waals surface area contributed by atoms with E-state index in [0.29, 0.717) is 23.1 Å². The van der Waals surface area contributed by atoms with Gasteiger partial charge in [-0.15, -0.1) is 0 Å². The van der Waals surface area contributed by atoms with Crippen LogP contribution in [-0.2, 0) is 19.2 Å². The van der Waals surface area contributed by atoms with Crippen molar-refractivity contribution in [2.75, 3.05) is 54.4 Å². The minimum Gasteiger partial charge on any atom is -0.298 e. The second kappa shape index (κ2) is 29.7. The maximum atomic E-state index is 10.8. The zero-order chi connectivity index (χ0) is 27.4. The molecule has 0 aromatic heterocycles. The quantitative estimate of drug-likeness (QED) is 0.428. The number of likely N-dealkylation sites (N-methyl/N-ethyl adjacent to an activating group) is 4. The first-order valence-electron chi connectivity index (χ1n) is 13.7. The molecule has 0 bridgehead atoms. The average molecular weight is 584 g/mol. The monoisotopic (exact) mass is 585 g/mol. The zero-order valence-electron chi connectivity index (χ0n) is 28.3. The van der Waals surface area contributed by atoms with Gasteiger partial charge in [0.1, 0.15) is 23.1 Å². The first-order chi connectivity index (χ1) is 16.9. The summed E-state index contributed by atoms with van der Waals surface area (Å²) in [6.07, 6.45) is 8.97. The Hall–Kier alpha value is -1.03. The largest absolute Gasteiger partial charge is 0.298 e.